The second kappa shape index (κ2) is 5.11. The van der Waals surface area contributed by atoms with Crippen LogP contribution in [0.2, 0.25) is 18.6 Å². The Kier molecular flexibility index (Phi) is 3.63. The van der Waals surface area contributed by atoms with E-state index in [1.807, 2.05) is 0 Å². The van der Waals surface area contributed by atoms with Crippen LogP contribution >= 0.6 is 0 Å². The molecule has 3 aliphatic rings. The van der Waals surface area contributed by atoms with Crippen LogP contribution in [-0.4, -0.2) is 49.8 Å². The highest BCUT2D eigenvalue weighted by Gasteiger charge is 2.46. The standard InChI is InChI=1S/C15H29N3Si/c1-13-7-4-8-14(13)19(2,3)18-12-6-11-17-10-5-9-16-15(17)18/h13-14H,4-12H2,1-3H3. The van der Waals surface area contributed by atoms with Crippen LogP contribution in [0.15, 0.2) is 4.99 Å². The highest BCUT2D eigenvalue weighted by atomic mass is 28.3. The first-order valence-corrected chi connectivity index (χ1v) is 11.2. The first-order valence-electron chi connectivity index (χ1n) is 8.18. The van der Waals surface area contributed by atoms with Crippen molar-refractivity contribution in [2.24, 2.45) is 10.9 Å². The van der Waals surface area contributed by atoms with Crippen molar-refractivity contribution in [2.75, 3.05) is 26.2 Å². The largest absolute Gasteiger partial charge is 0.370 e. The maximum Gasteiger partial charge on any atom is 0.188 e. The van der Waals surface area contributed by atoms with Crippen molar-refractivity contribution in [2.45, 2.75) is 57.7 Å². The van der Waals surface area contributed by atoms with Gasteiger partial charge in [0.2, 0.25) is 0 Å². The molecule has 0 aromatic carbocycles. The fourth-order valence-electron chi connectivity index (χ4n) is 4.57. The van der Waals surface area contributed by atoms with E-state index in [9.17, 15) is 0 Å². The molecule has 1 aliphatic carbocycles. The normalized spacial score (nSPS) is 32.3. The van der Waals surface area contributed by atoms with Crippen LogP contribution in [-0.2, 0) is 0 Å². The van der Waals surface area contributed by atoms with Crippen LogP contribution in [0.3, 0.4) is 0 Å². The van der Waals surface area contributed by atoms with Crippen LogP contribution in [0.4, 0.5) is 0 Å². The molecule has 2 atom stereocenters. The Morgan fingerprint density at radius 1 is 1.05 bits per heavy atom. The Hall–Kier alpha value is -0.513. The van der Waals surface area contributed by atoms with E-state index < -0.39 is 8.24 Å². The van der Waals surface area contributed by atoms with Crippen molar-refractivity contribution >= 4 is 14.2 Å². The second-order valence-electron chi connectivity index (χ2n) is 7.20. The summed E-state index contributed by atoms with van der Waals surface area (Å²) in [5.41, 5.74) is 0.970. The summed E-state index contributed by atoms with van der Waals surface area (Å²) in [5.74, 6) is 2.30. The Morgan fingerprint density at radius 3 is 2.58 bits per heavy atom. The SMILES string of the molecule is CC1CCCC1[Si](C)(C)N1CCCN2CCCN=C21. The third kappa shape index (κ3) is 2.32. The third-order valence-electron chi connectivity index (χ3n) is 5.64. The number of hydrogen-bond acceptors (Lipinski definition) is 3. The molecule has 1 saturated heterocycles. The molecule has 0 aromatic rings. The summed E-state index contributed by atoms with van der Waals surface area (Å²) < 4.78 is 2.78. The van der Waals surface area contributed by atoms with Crippen LogP contribution in [0.5, 0.6) is 0 Å². The van der Waals surface area contributed by atoms with Gasteiger partial charge in [0, 0.05) is 26.2 Å². The number of guanidine groups is 1. The average molecular weight is 280 g/mol. The van der Waals surface area contributed by atoms with E-state index in [1.54, 1.807) is 0 Å². The van der Waals surface area contributed by atoms with Gasteiger partial charge in [-0.2, -0.15) is 0 Å². The average Bonchev–Trinajstić information content (AvgIpc) is 2.85. The first-order chi connectivity index (χ1) is 9.10. The van der Waals surface area contributed by atoms with Crippen LogP contribution in [0.1, 0.15) is 39.0 Å². The van der Waals surface area contributed by atoms with E-state index in [0.717, 1.165) is 18.0 Å². The second-order valence-corrected chi connectivity index (χ2v) is 11.8. The van der Waals surface area contributed by atoms with Gasteiger partial charge in [-0.05, 0) is 24.3 Å². The molecule has 0 aromatic heterocycles. The smallest absolute Gasteiger partial charge is 0.188 e. The van der Waals surface area contributed by atoms with Crippen LogP contribution in [0.25, 0.3) is 0 Å². The summed E-state index contributed by atoms with van der Waals surface area (Å²) in [7, 11) is -1.38. The summed E-state index contributed by atoms with van der Waals surface area (Å²) in [4.78, 5) is 7.46. The van der Waals surface area contributed by atoms with E-state index >= 15 is 0 Å². The van der Waals surface area contributed by atoms with Gasteiger partial charge in [-0.1, -0.05) is 39.3 Å². The van der Waals surface area contributed by atoms with Gasteiger partial charge in [0.25, 0.3) is 0 Å². The lowest BCUT2D eigenvalue weighted by molar-refractivity contribution is 0.292. The maximum atomic E-state index is 4.90. The molecular formula is C15H29N3Si. The third-order valence-corrected chi connectivity index (χ3v) is 10.1. The topological polar surface area (TPSA) is 18.8 Å². The Labute approximate surface area is 119 Å². The van der Waals surface area contributed by atoms with Crippen LogP contribution < -0.4 is 0 Å². The fourth-order valence-corrected chi connectivity index (χ4v) is 8.90. The van der Waals surface area contributed by atoms with Gasteiger partial charge in [0.05, 0.1) is 0 Å². The van der Waals surface area contributed by atoms with E-state index in [4.69, 9.17) is 4.99 Å². The molecule has 2 unspecified atom stereocenters. The van der Waals surface area contributed by atoms with Gasteiger partial charge in [0.1, 0.15) is 0 Å². The highest BCUT2D eigenvalue weighted by Crippen LogP contribution is 2.45. The summed E-state index contributed by atoms with van der Waals surface area (Å²) in [6, 6.07) is 0. The van der Waals surface area contributed by atoms with Gasteiger partial charge in [0.15, 0.2) is 14.2 Å². The maximum absolute atomic E-state index is 4.90. The number of hydrogen-bond donors (Lipinski definition) is 0. The van der Waals surface area contributed by atoms with Gasteiger partial charge >= 0.3 is 0 Å². The van der Waals surface area contributed by atoms with Gasteiger partial charge in [-0.15, -0.1) is 0 Å². The van der Waals surface area contributed by atoms with Crippen molar-refractivity contribution in [3.63, 3.8) is 0 Å². The summed E-state index contributed by atoms with van der Waals surface area (Å²) in [6.45, 7) is 12.5. The molecule has 2 fully saturated rings. The predicted octanol–water partition coefficient (Wildman–Crippen LogP) is 3.15. The molecule has 0 radical (unpaired) electrons. The monoisotopic (exact) mass is 279 g/mol. The minimum absolute atomic E-state index is 0.932. The predicted molar refractivity (Wildman–Crippen MR) is 84.1 cm³/mol. The molecule has 1 saturated carbocycles. The first kappa shape index (κ1) is 13.5. The molecule has 0 spiro atoms. The van der Waals surface area contributed by atoms with Crippen molar-refractivity contribution in [1.82, 2.24) is 9.47 Å². The van der Waals surface area contributed by atoms with Gasteiger partial charge in [-0.3, -0.25) is 4.99 Å². The van der Waals surface area contributed by atoms with Crippen molar-refractivity contribution < 1.29 is 0 Å². The zero-order valence-electron chi connectivity index (χ0n) is 12.9. The summed E-state index contributed by atoms with van der Waals surface area (Å²) in [6.07, 6.45) is 6.94. The Balaban J connectivity index is 1.84. The molecule has 4 heteroatoms. The molecule has 0 N–H and O–H groups in total. The lowest BCUT2D eigenvalue weighted by Crippen LogP contribution is -2.63. The quantitative estimate of drug-likeness (QED) is 0.723. The molecule has 0 amide bonds. The van der Waals surface area contributed by atoms with Crippen molar-refractivity contribution in [3.05, 3.63) is 0 Å². The lowest BCUT2D eigenvalue weighted by Gasteiger charge is -2.50. The zero-order chi connectivity index (χ0) is 13.5. The Bertz CT molecular complexity index is 366. The van der Waals surface area contributed by atoms with E-state index in [-0.39, 0.29) is 0 Å². The molecule has 2 heterocycles. The van der Waals surface area contributed by atoms with E-state index in [0.29, 0.717) is 0 Å². The number of rotatable bonds is 2. The molecule has 3 nitrogen and oxygen atoms in total. The molecule has 3 rings (SSSR count). The van der Waals surface area contributed by atoms with Gasteiger partial charge in [-0.25, -0.2) is 0 Å². The Morgan fingerprint density at radius 2 is 1.84 bits per heavy atom. The number of nitrogens with zero attached hydrogens (tertiary/aromatic N) is 3. The van der Waals surface area contributed by atoms with Crippen molar-refractivity contribution in [1.29, 1.82) is 0 Å². The van der Waals surface area contributed by atoms with Gasteiger partial charge < -0.3 is 9.47 Å². The zero-order valence-corrected chi connectivity index (χ0v) is 13.9. The molecule has 19 heavy (non-hydrogen) atoms. The molecular weight excluding hydrogens is 250 g/mol. The summed E-state index contributed by atoms with van der Waals surface area (Å²) in [5, 5.41) is 0. The highest BCUT2D eigenvalue weighted by molar-refractivity contribution is 6.78. The van der Waals surface area contributed by atoms with E-state index in [1.165, 1.54) is 57.7 Å². The minimum atomic E-state index is -1.38. The lowest BCUT2D eigenvalue weighted by atomic mass is 10.1. The fraction of sp³-hybridized carbons (Fsp3) is 0.933. The molecule has 2 aliphatic heterocycles. The summed E-state index contributed by atoms with van der Waals surface area (Å²) >= 11 is 0. The molecule has 0 bridgehead atoms. The van der Waals surface area contributed by atoms with Crippen LogP contribution in [0, 0.1) is 5.92 Å². The number of fused-ring (bicyclic) bond motifs is 1. The molecule has 108 valence electrons. The van der Waals surface area contributed by atoms with E-state index in [2.05, 4.69) is 29.5 Å². The van der Waals surface area contributed by atoms with Crippen molar-refractivity contribution in [3.8, 4) is 0 Å². The number of aliphatic imine (C=N–C) groups is 1. The minimum Gasteiger partial charge on any atom is -0.370 e.